The van der Waals surface area contributed by atoms with Gasteiger partial charge in [-0.05, 0) is 155 Å². The summed E-state index contributed by atoms with van der Waals surface area (Å²) in [6.07, 6.45) is 9.00. The minimum absolute atomic E-state index is 0.00440. The van der Waals surface area contributed by atoms with E-state index in [1.165, 1.54) is 10.4 Å². The molecule has 4 aromatic rings. The van der Waals surface area contributed by atoms with E-state index >= 15 is 0 Å². The molecule has 5 aliphatic rings. The maximum Gasteiger partial charge on any atom is 0.336 e. The van der Waals surface area contributed by atoms with E-state index in [-0.39, 0.29) is 23.6 Å². The Morgan fingerprint density at radius 3 is 2.34 bits per heavy atom. The molecule has 0 radical (unpaired) electrons. The lowest BCUT2D eigenvalue weighted by molar-refractivity contribution is 0.0695. The number of hydrogen-bond donors (Lipinski definition) is 5. The first-order chi connectivity index (χ1) is 30.7. The lowest BCUT2D eigenvalue weighted by Gasteiger charge is -2.38. The van der Waals surface area contributed by atoms with Gasteiger partial charge in [-0.15, -0.1) is 0 Å². The summed E-state index contributed by atoms with van der Waals surface area (Å²) in [6.45, 7) is 6.69. The molecular weight excluding hydrogens is 817 g/mol. The molecule has 64 heavy (non-hydrogen) atoms. The summed E-state index contributed by atoms with van der Waals surface area (Å²) in [5.41, 5.74) is 20.6. The molecule has 3 aliphatic carbocycles. The third-order valence-corrected chi connectivity index (χ3v) is 16.6. The Morgan fingerprint density at radius 2 is 1.61 bits per heavy atom. The molecule has 9 rings (SSSR count). The Balaban J connectivity index is 0.880. The van der Waals surface area contributed by atoms with Crippen LogP contribution >= 0.6 is 0 Å². The number of rotatable bonds is 9. The van der Waals surface area contributed by atoms with Gasteiger partial charge in [-0.2, -0.15) is 5.48 Å². The van der Waals surface area contributed by atoms with Crippen LogP contribution in [0.15, 0.2) is 129 Å². The highest BCUT2D eigenvalue weighted by molar-refractivity contribution is 6.98. The fraction of sp³-hybridized carbons (Fsp3) is 0.231. The summed E-state index contributed by atoms with van der Waals surface area (Å²) < 4.78 is 6.38. The smallest absolute Gasteiger partial charge is 0.336 e. The second-order valence-corrected chi connectivity index (χ2v) is 22.1. The van der Waals surface area contributed by atoms with Gasteiger partial charge in [-0.1, -0.05) is 31.3 Å². The first-order valence-corrected chi connectivity index (χ1v) is 24.7. The third-order valence-electron chi connectivity index (χ3n) is 13.1. The van der Waals surface area contributed by atoms with Gasteiger partial charge >= 0.3 is 5.97 Å². The summed E-state index contributed by atoms with van der Waals surface area (Å²) in [5, 5.41) is 26.2. The van der Waals surface area contributed by atoms with Crippen LogP contribution < -0.4 is 36.8 Å². The molecular formula is C52H52N6O5Si. The number of carboxylic acid groups (broad SMARTS) is 1. The predicted octanol–water partition coefficient (Wildman–Crippen LogP) is 8.80. The minimum Gasteiger partial charge on any atom is -0.478 e. The van der Waals surface area contributed by atoms with Crippen LogP contribution in [0.25, 0.3) is 39.0 Å². The van der Waals surface area contributed by atoms with Crippen molar-refractivity contribution >= 4 is 58.8 Å². The van der Waals surface area contributed by atoms with Crippen LogP contribution in [-0.4, -0.2) is 64.0 Å². The molecule has 1 amide bonds. The first kappa shape index (κ1) is 42.3. The van der Waals surface area contributed by atoms with E-state index in [9.17, 15) is 14.7 Å². The Bertz CT molecular complexity index is 3060. The maximum atomic E-state index is 13.7. The zero-order valence-electron chi connectivity index (χ0n) is 36.9. The van der Waals surface area contributed by atoms with Gasteiger partial charge in [-0.3, -0.25) is 9.79 Å². The van der Waals surface area contributed by atoms with Gasteiger partial charge in [0, 0.05) is 78.8 Å². The van der Waals surface area contributed by atoms with Crippen LogP contribution in [0.5, 0.6) is 5.75 Å². The fourth-order valence-corrected chi connectivity index (χ4v) is 12.7. The van der Waals surface area contributed by atoms with Gasteiger partial charge in [-0.25, -0.2) is 4.79 Å². The van der Waals surface area contributed by atoms with Crippen LogP contribution in [-0.2, 0) is 0 Å². The normalized spacial score (nSPS) is 18.1. The molecule has 0 saturated heterocycles. The van der Waals surface area contributed by atoms with E-state index in [0.29, 0.717) is 33.9 Å². The maximum absolute atomic E-state index is 13.7. The number of nitrogens with zero attached hydrogens (tertiary/aromatic N) is 2. The van der Waals surface area contributed by atoms with E-state index in [4.69, 9.17) is 20.4 Å². The average molecular weight is 869 g/mol. The van der Waals surface area contributed by atoms with Crippen LogP contribution in [0.2, 0.25) is 13.1 Å². The molecule has 12 heteroatoms. The van der Waals surface area contributed by atoms with Gasteiger partial charge in [0.25, 0.3) is 5.91 Å². The van der Waals surface area contributed by atoms with Gasteiger partial charge in [0.05, 0.1) is 16.6 Å². The molecule has 11 nitrogen and oxygen atoms in total. The van der Waals surface area contributed by atoms with Crippen molar-refractivity contribution in [1.82, 2.24) is 10.8 Å². The number of carbonyl (C=O) groups excluding carboxylic acids is 1. The van der Waals surface area contributed by atoms with Crippen molar-refractivity contribution in [2.45, 2.75) is 57.8 Å². The molecule has 1 fully saturated rings. The SMILES string of the molecule is C/N=c1/ccc2c(-c3ccc(ONC4CCC(NC(=O)c5ccc(C6=C7C=CC(=N)C=C7[Si](C)(C)c7cc(N)ccc76)c(C)c5)CC4)cc3C(=O)O)c3ccc(N(C)C)cc3oc-2c1. The number of aromatic carboxylic acids is 1. The number of anilines is 2. The number of hydrogen-bond acceptors (Lipinski definition) is 9. The Morgan fingerprint density at radius 1 is 0.875 bits per heavy atom. The van der Waals surface area contributed by atoms with Crippen LogP contribution in [0, 0.1) is 12.3 Å². The van der Waals surface area contributed by atoms with E-state index in [0.717, 1.165) is 86.8 Å². The second kappa shape index (κ2) is 16.6. The summed E-state index contributed by atoms with van der Waals surface area (Å²) in [7, 11) is 3.51. The van der Waals surface area contributed by atoms with Crippen molar-refractivity contribution in [2.24, 2.45) is 4.99 Å². The number of carboxylic acids is 1. The largest absolute Gasteiger partial charge is 0.478 e. The van der Waals surface area contributed by atoms with Gasteiger partial charge in [0.15, 0.2) is 0 Å². The number of allylic oxidation sites excluding steroid dienone is 5. The molecule has 2 aliphatic heterocycles. The topological polar surface area (TPSA) is 166 Å². The fourth-order valence-electron chi connectivity index (χ4n) is 9.57. The van der Waals surface area contributed by atoms with Crippen molar-refractivity contribution in [1.29, 1.82) is 5.41 Å². The standard InChI is InChI=1S/C52H52N6O5Si/c1-29-23-30(7-17-38(29)49-42-18-8-31(53)24-47(42)64(5,6)48-25-32(54)9-19-43(48)49)51(59)56-33-10-12-34(13-11-33)57-63-37-16-22-39(44(28-37)52(60)61)50-40-20-14-35(55-2)26-45(40)62-46-27-36(58(3)4)15-21-41(46)50/h7-9,14-28,33-34,53,57H,10-13,54H2,1-6H3,(H,56,59)(H,60,61)/b53-31?,55-35-. The van der Waals surface area contributed by atoms with Gasteiger partial charge in [0.1, 0.15) is 25.2 Å². The lowest BCUT2D eigenvalue weighted by Crippen LogP contribution is -2.49. The molecule has 1 saturated carbocycles. The van der Waals surface area contributed by atoms with Crippen molar-refractivity contribution in [3.63, 3.8) is 0 Å². The number of amides is 1. The van der Waals surface area contributed by atoms with Crippen molar-refractivity contribution in [2.75, 3.05) is 31.8 Å². The quantitative estimate of drug-likeness (QED) is 0.0416. The minimum atomic E-state index is -2.14. The molecule has 2 heterocycles. The molecule has 324 valence electrons. The molecule has 0 aromatic heterocycles. The predicted molar refractivity (Wildman–Crippen MR) is 258 cm³/mol. The zero-order chi connectivity index (χ0) is 45.0. The number of fused-ring (bicyclic) bond motifs is 4. The Hall–Kier alpha value is -7.02. The number of nitrogens with two attached hydrogens (primary N) is 1. The Kier molecular flexibility index (Phi) is 11.0. The highest BCUT2D eigenvalue weighted by atomic mass is 28.3. The van der Waals surface area contributed by atoms with Gasteiger partial charge < -0.3 is 35.7 Å². The average Bonchev–Trinajstić information content (AvgIpc) is 3.28. The summed E-state index contributed by atoms with van der Waals surface area (Å²) in [4.78, 5) is 38.9. The number of nitrogens with one attached hydrogen (secondary N) is 3. The number of nitrogen functional groups attached to an aromatic ring is 1. The van der Waals surface area contributed by atoms with Gasteiger partial charge in [0.2, 0.25) is 0 Å². The molecule has 0 spiro atoms. The number of benzene rings is 5. The summed E-state index contributed by atoms with van der Waals surface area (Å²) >= 11 is 0. The number of carbonyl (C=O) groups is 2. The monoisotopic (exact) mass is 868 g/mol. The molecule has 4 aromatic carbocycles. The van der Waals surface area contributed by atoms with Crippen LogP contribution in [0.1, 0.15) is 63.1 Å². The highest BCUT2D eigenvalue weighted by Gasteiger charge is 2.40. The van der Waals surface area contributed by atoms with Crippen LogP contribution in [0.4, 0.5) is 11.4 Å². The van der Waals surface area contributed by atoms with E-state index in [1.54, 1.807) is 25.2 Å². The third kappa shape index (κ3) is 7.73. The van der Waals surface area contributed by atoms with Crippen LogP contribution in [0.3, 0.4) is 0 Å². The van der Waals surface area contributed by atoms with Crippen molar-refractivity contribution in [3.8, 4) is 28.2 Å². The summed E-state index contributed by atoms with van der Waals surface area (Å²) in [6, 6.07) is 28.9. The molecule has 0 bridgehead atoms. The zero-order valence-corrected chi connectivity index (χ0v) is 37.9. The Labute approximate surface area is 373 Å². The number of aryl methyl sites for hydroxylation is 1. The van der Waals surface area contributed by atoms with E-state index in [1.807, 2.05) is 85.7 Å². The molecule has 0 unspecified atom stereocenters. The highest BCUT2D eigenvalue weighted by Crippen LogP contribution is 2.44. The lowest BCUT2D eigenvalue weighted by atomic mass is 9.87. The first-order valence-electron chi connectivity index (χ1n) is 21.7. The van der Waals surface area contributed by atoms with Crippen molar-refractivity contribution in [3.05, 3.63) is 153 Å². The molecule has 6 N–H and O–H groups in total. The van der Waals surface area contributed by atoms with E-state index < -0.39 is 14.0 Å². The number of hydroxylamine groups is 1. The van der Waals surface area contributed by atoms with Crippen molar-refractivity contribution < 1.29 is 24.0 Å². The summed E-state index contributed by atoms with van der Waals surface area (Å²) in [5.74, 6) is -0.185. The second-order valence-electron chi connectivity index (χ2n) is 17.8. The van der Waals surface area contributed by atoms with E-state index in [2.05, 4.69) is 60.1 Å². The molecule has 0 atom stereocenters.